The van der Waals surface area contributed by atoms with E-state index in [0.717, 1.165) is 12.1 Å². The number of halogens is 2. The highest BCUT2D eigenvalue weighted by molar-refractivity contribution is 7.89. The lowest BCUT2D eigenvalue weighted by Gasteiger charge is -2.07. The summed E-state index contributed by atoms with van der Waals surface area (Å²) < 4.78 is 61.0. The molecule has 3 aromatic carbocycles. The Bertz CT molecular complexity index is 1400. The van der Waals surface area contributed by atoms with Gasteiger partial charge in [0.05, 0.1) is 4.90 Å². The van der Waals surface area contributed by atoms with Crippen molar-refractivity contribution in [2.45, 2.75) is 11.4 Å². The summed E-state index contributed by atoms with van der Waals surface area (Å²) in [4.78, 5) is 15.9. The molecule has 168 valence electrons. The lowest BCUT2D eigenvalue weighted by molar-refractivity contribution is 0.0996. The fourth-order valence-corrected chi connectivity index (χ4v) is 4.17. The molecule has 0 unspecified atom stereocenters. The smallest absolute Gasteiger partial charge is 0.271 e. The van der Waals surface area contributed by atoms with E-state index in [1.165, 1.54) is 18.2 Å². The van der Waals surface area contributed by atoms with Crippen LogP contribution in [0.1, 0.15) is 16.1 Å². The van der Waals surface area contributed by atoms with Crippen molar-refractivity contribution in [3.63, 3.8) is 0 Å². The molecule has 1 aromatic heterocycles. The van der Waals surface area contributed by atoms with Gasteiger partial charge in [-0.25, -0.2) is 26.9 Å². The Balaban J connectivity index is 1.60. The second kappa shape index (κ2) is 8.93. The SMILES string of the molecule is NC(=O)c1nc(-c2c(F)cccc2F)oc1-c1ccc(CNS(=O)(=O)c2ccccc2)cc1. The van der Waals surface area contributed by atoms with Gasteiger partial charge in [-0.1, -0.05) is 48.5 Å². The number of primary amides is 1. The third-order valence-corrected chi connectivity index (χ3v) is 6.19. The van der Waals surface area contributed by atoms with Crippen molar-refractivity contribution in [1.29, 1.82) is 0 Å². The summed E-state index contributed by atoms with van der Waals surface area (Å²) in [5.41, 5.74) is 5.57. The van der Waals surface area contributed by atoms with Gasteiger partial charge in [-0.15, -0.1) is 0 Å². The lowest BCUT2D eigenvalue weighted by atomic mass is 10.1. The molecule has 0 atom stereocenters. The maximum atomic E-state index is 14.1. The van der Waals surface area contributed by atoms with Gasteiger partial charge in [-0.3, -0.25) is 4.79 Å². The number of hydrogen-bond donors (Lipinski definition) is 2. The van der Waals surface area contributed by atoms with Crippen molar-refractivity contribution in [1.82, 2.24) is 9.71 Å². The standard InChI is InChI=1S/C23H17F2N3O4S/c24-17-7-4-8-18(25)19(17)23-28-20(22(26)29)21(32-23)15-11-9-14(10-12-15)13-27-33(30,31)16-5-2-1-3-6-16/h1-12,27H,13H2,(H2,26,29). The molecular formula is C23H17F2N3O4S. The van der Waals surface area contributed by atoms with E-state index in [-0.39, 0.29) is 22.9 Å². The van der Waals surface area contributed by atoms with Crippen molar-refractivity contribution in [2.75, 3.05) is 0 Å². The highest BCUT2D eigenvalue weighted by Crippen LogP contribution is 2.32. The van der Waals surface area contributed by atoms with Crippen LogP contribution in [0, 0.1) is 11.6 Å². The number of sulfonamides is 1. The van der Waals surface area contributed by atoms with Crippen LogP contribution in [0.2, 0.25) is 0 Å². The quantitative estimate of drug-likeness (QED) is 0.426. The van der Waals surface area contributed by atoms with Crippen molar-refractivity contribution in [3.8, 4) is 22.8 Å². The molecule has 33 heavy (non-hydrogen) atoms. The summed E-state index contributed by atoms with van der Waals surface area (Å²) >= 11 is 0. The minimum atomic E-state index is -3.68. The molecule has 0 saturated carbocycles. The predicted molar refractivity (Wildman–Crippen MR) is 116 cm³/mol. The maximum absolute atomic E-state index is 14.1. The molecule has 0 aliphatic rings. The van der Waals surface area contributed by atoms with E-state index >= 15 is 0 Å². The normalized spacial score (nSPS) is 11.5. The molecule has 10 heteroatoms. The molecule has 0 radical (unpaired) electrons. The highest BCUT2D eigenvalue weighted by Gasteiger charge is 2.24. The minimum Gasteiger partial charge on any atom is -0.435 e. The molecule has 4 rings (SSSR count). The number of carbonyl (C=O) groups excluding carboxylic acids is 1. The van der Waals surface area contributed by atoms with E-state index in [1.807, 2.05) is 0 Å². The summed E-state index contributed by atoms with van der Waals surface area (Å²) in [6.45, 7) is 0.0161. The molecule has 0 spiro atoms. The molecule has 3 N–H and O–H groups in total. The van der Waals surface area contributed by atoms with Crippen LogP contribution < -0.4 is 10.5 Å². The molecule has 0 aliphatic heterocycles. The van der Waals surface area contributed by atoms with Gasteiger partial charge in [0.1, 0.15) is 17.2 Å². The Morgan fingerprint density at radius 1 is 0.939 bits per heavy atom. The molecule has 7 nitrogen and oxygen atoms in total. The topological polar surface area (TPSA) is 115 Å². The summed E-state index contributed by atoms with van der Waals surface area (Å²) in [5, 5.41) is 0. The molecule has 0 fully saturated rings. The average molecular weight is 469 g/mol. The fourth-order valence-electron chi connectivity index (χ4n) is 3.13. The average Bonchev–Trinajstić information content (AvgIpc) is 3.24. The number of hydrogen-bond acceptors (Lipinski definition) is 5. The first-order chi connectivity index (χ1) is 15.8. The van der Waals surface area contributed by atoms with E-state index in [0.29, 0.717) is 11.1 Å². The molecule has 0 saturated heterocycles. The van der Waals surface area contributed by atoms with E-state index in [1.54, 1.807) is 42.5 Å². The summed E-state index contributed by atoms with van der Waals surface area (Å²) in [7, 11) is -3.68. The molecule has 4 aromatic rings. The second-order valence-corrected chi connectivity index (χ2v) is 8.76. The van der Waals surface area contributed by atoms with Gasteiger partial charge in [0, 0.05) is 12.1 Å². The second-order valence-electron chi connectivity index (χ2n) is 6.99. The number of aromatic nitrogens is 1. The number of oxazole rings is 1. The fraction of sp³-hybridized carbons (Fsp3) is 0.0435. The van der Waals surface area contributed by atoms with Gasteiger partial charge in [0.2, 0.25) is 15.9 Å². The number of nitrogens with two attached hydrogens (primary N) is 1. The van der Waals surface area contributed by atoms with Crippen molar-refractivity contribution in [3.05, 3.63) is 95.7 Å². The zero-order valence-electron chi connectivity index (χ0n) is 17.0. The van der Waals surface area contributed by atoms with Crippen molar-refractivity contribution >= 4 is 15.9 Å². The van der Waals surface area contributed by atoms with Crippen LogP contribution in [0.3, 0.4) is 0 Å². The van der Waals surface area contributed by atoms with Crippen molar-refractivity contribution in [2.24, 2.45) is 5.73 Å². The summed E-state index contributed by atoms with van der Waals surface area (Å²) in [6, 6.07) is 17.5. The Hall–Kier alpha value is -3.89. The third kappa shape index (κ3) is 4.66. The number of rotatable bonds is 7. The van der Waals surface area contributed by atoms with Crippen LogP contribution in [-0.2, 0) is 16.6 Å². The Labute approximate surface area is 187 Å². The first-order valence-corrected chi connectivity index (χ1v) is 11.1. The van der Waals surface area contributed by atoms with Crippen LogP contribution >= 0.6 is 0 Å². The van der Waals surface area contributed by atoms with Gasteiger partial charge < -0.3 is 10.2 Å². The van der Waals surface area contributed by atoms with E-state index in [9.17, 15) is 22.0 Å². The number of benzene rings is 3. The monoisotopic (exact) mass is 469 g/mol. The number of amides is 1. The maximum Gasteiger partial charge on any atom is 0.271 e. The van der Waals surface area contributed by atoms with Gasteiger partial charge in [-0.05, 0) is 29.8 Å². The van der Waals surface area contributed by atoms with Gasteiger partial charge in [0.25, 0.3) is 5.91 Å². The van der Waals surface area contributed by atoms with Crippen LogP contribution in [0.25, 0.3) is 22.8 Å². The lowest BCUT2D eigenvalue weighted by Crippen LogP contribution is -2.23. The zero-order valence-corrected chi connectivity index (χ0v) is 17.8. The van der Waals surface area contributed by atoms with E-state index < -0.39 is 39.0 Å². The van der Waals surface area contributed by atoms with Crippen molar-refractivity contribution < 1.29 is 26.4 Å². The van der Waals surface area contributed by atoms with Gasteiger partial charge in [-0.2, -0.15) is 0 Å². The molecule has 1 heterocycles. The van der Waals surface area contributed by atoms with E-state index in [2.05, 4.69) is 9.71 Å². The number of nitrogens with zero attached hydrogens (tertiary/aromatic N) is 1. The largest absolute Gasteiger partial charge is 0.435 e. The highest BCUT2D eigenvalue weighted by atomic mass is 32.2. The Kier molecular flexibility index (Phi) is 6.03. The number of nitrogens with one attached hydrogen (secondary N) is 1. The third-order valence-electron chi connectivity index (χ3n) is 4.77. The summed E-state index contributed by atoms with van der Waals surface area (Å²) in [6.07, 6.45) is 0. The van der Waals surface area contributed by atoms with Crippen LogP contribution in [0.15, 0.2) is 82.1 Å². The Morgan fingerprint density at radius 3 is 2.18 bits per heavy atom. The van der Waals surface area contributed by atoms with Gasteiger partial charge in [0.15, 0.2) is 11.5 Å². The minimum absolute atomic E-state index is 0.0161. The predicted octanol–water partition coefficient (Wildman–Crippen LogP) is 3.86. The van der Waals surface area contributed by atoms with Crippen LogP contribution in [-0.4, -0.2) is 19.3 Å². The van der Waals surface area contributed by atoms with Crippen LogP contribution in [0.4, 0.5) is 8.78 Å². The molecule has 1 amide bonds. The molecular weight excluding hydrogens is 452 g/mol. The number of carbonyl (C=O) groups is 1. The first-order valence-electron chi connectivity index (χ1n) is 9.65. The van der Waals surface area contributed by atoms with Crippen LogP contribution in [0.5, 0.6) is 0 Å². The molecule has 0 aliphatic carbocycles. The van der Waals surface area contributed by atoms with Gasteiger partial charge >= 0.3 is 0 Å². The zero-order chi connectivity index (χ0) is 23.6. The first kappa shape index (κ1) is 22.3. The molecule has 0 bridgehead atoms. The van der Waals surface area contributed by atoms with E-state index in [4.69, 9.17) is 10.2 Å². The summed E-state index contributed by atoms with van der Waals surface area (Å²) in [5.74, 6) is -3.22. The Morgan fingerprint density at radius 2 is 1.58 bits per heavy atom.